The fourth-order valence-electron chi connectivity index (χ4n) is 2.69. The average molecular weight is 274 g/mol. The summed E-state index contributed by atoms with van der Waals surface area (Å²) >= 11 is 0. The summed E-state index contributed by atoms with van der Waals surface area (Å²) < 4.78 is 0. The second kappa shape index (κ2) is 7.29. The molecule has 0 amide bonds. The molecule has 1 atom stereocenters. The van der Waals surface area contributed by atoms with Crippen LogP contribution < -0.4 is 11.1 Å². The van der Waals surface area contributed by atoms with Crippen LogP contribution in [0.15, 0.2) is 35.3 Å². The number of guanidine groups is 1. The van der Waals surface area contributed by atoms with Crippen LogP contribution >= 0.6 is 0 Å². The van der Waals surface area contributed by atoms with Crippen molar-refractivity contribution in [3.8, 4) is 0 Å². The highest BCUT2D eigenvalue weighted by molar-refractivity contribution is 5.78. The quantitative estimate of drug-likeness (QED) is 0.639. The average Bonchev–Trinajstić information content (AvgIpc) is 2.93. The molecule has 4 heteroatoms. The molecule has 110 valence electrons. The largest absolute Gasteiger partial charge is 0.370 e. The molecule has 1 aliphatic heterocycles. The maximum atomic E-state index is 5.92. The SMILES string of the molecule is CC(C)NC(N)=NCC(c1ccccc1)N1CCCC1. The molecule has 1 aliphatic rings. The standard InChI is InChI=1S/C16H26N4/c1-13(2)19-16(17)18-12-15(20-10-6-7-11-20)14-8-4-3-5-9-14/h3-5,8-9,13,15H,6-7,10-12H2,1-2H3,(H3,17,18,19). The van der Waals surface area contributed by atoms with Gasteiger partial charge in [-0.15, -0.1) is 0 Å². The highest BCUT2D eigenvalue weighted by atomic mass is 15.2. The first-order chi connectivity index (χ1) is 9.66. The number of benzene rings is 1. The van der Waals surface area contributed by atoms with Crippen LogP contribution in [0, 0.1) is 0 Å². The molecule has 1 heterocycles. The molecule has 0 saturated carbocycles. The maximum absolute atomic E-state index is 5.92. The van der Waals surface area contributed by atoms with Gasteiger partial charge in [-0.1, -0.05) is 30.3 Å². The molecule has 2 rings (SSSR count). The van der Waals surface area contributed by atoms with Gasteiger partial charge in [-0.2, -0.15) is 0 Å². The molecule has 0 bridgehead atoms. The molecule has 1 aromatic rings. The van der Waals surface area contributed by atoms with Crippen LogP contribution in [-0.4, -0.2) is 36.5 Å². The second-order valence-corrected chi connectivity index (χ2v) is 5.69. The number of aliphatic imine (C=N–C) groups is 1. The highest BCUT2D eigenvalue weighted by Gasteiger charge is 2.23. The number of hydrogen-bond acceptors (Lipinski definition) is 2. The third kappa shape index (κ3) is 4.23. The van der Waals surface area contributed by atoms with Gasteiger partial charge in [-0.3, -0.25) is 9.89 Å². The Balaban J connectivity index is 2.07. The van der Waals surface area contributed by atoms with Crippen molar-refractivity contribution in [1.82, 2.24) is 10.2 Å². The Labute approximate surface area is 122 Å². The van der Waals surface area contributed by atoms with Crippen molar-refractivity contribution >= 4 is 5.96 Å². The summed E-state index contributed by atoms with van der Waals surface area (Å²) in [5.41, 5.74) is 7.25. The Morgan fingerprint density at radius 1 is 1.25 bits per heavy atom. The third-order valence-electron chi connectivity index (χ3n) is 3.64. The lowest BCUT2D eigenvalue weighted by Gasteiger charge is -2.26. The molecule has 1 unspecified atom stereocenters. The topological polar surface area (TPSA) is 53.6 Å². The lowest BCUT2D eigenvalue weighted by atomic mass is 10.1. The summed E-state index contributed by atoms with van der Waals surface area (Å²) in [5, 5.41) is 3.15. The van der Waals surface area contributed by atoms with Gasteiger partial charge in [-0.05, 0) is 45.3 Å². The molecule has 0 aliphatic carbocycles. The summed E-state index contributed by atoms with van der Waals surface area (Å²) in [5.74, 6) is 0.542. The second-order valence-electron chi connectivity index (χ2n) is 5.69. The zero-order chi connectivity index (χ0) is 14.4. The molecule has 3 N–H and O–H groups in total. The number of rotatable bonds is 5. The summed E-state index contributed by atoms with van der Waals surface area (Å²) in [6, 6.07) is 11.3. The van der Waals surface area contributed by atoms with Gasteiger partial charge < -0.3 is 11.1 Å². The van der Waals surface area contributed by atoms with Gasteiger partial charge in [-0.25, -0.2) is 0 Å². The molecule has 0 spiro atoms. The van der Waals surface area contributed by atoms with Crippen molar-refractivity contribution in [3.63, 3.8) is 0 Å². The van der Waals surface area contributed by atoms with Gasteiger partial charge in [0.05, 0.1) is 12.6 Å². The molecule has 0 aromatic heterocycles. The molecule has 20 heavy (non-hydrogen) atoms. The predicted octanol–water partition coefficient (Wildman–Crippen LogP) is 2.14. The van der Waals surface area contributed by atoms with Gasteiger partial charge in [0, 0.05) is 6.04 Å². The van der Waals surface area contributed by atoms with E-state index in [2.05, 4.69) is 59.4 Å². The van der Waals surface area contributed by atoms with Crippen molar-refractivity contribution in [2.24, 2.45) is 10.7 Å². The van der Waals surface area contributed by atoms with Gasteiger partial charge >= 0.3 is 0 Å². The van der Waals surface area contributed by atoms with Crippen LogP contribution in [-0.2, 0) is 0 Å². The fraction of sp³-hybridized carbons (Fsp3) is 0.562. The van der Waals surface area contributed by atoms with Crippen molar-refractivity contribution in [2.75, 3.05) is 19.6 Å². The van der Waals surface area contributed by atoms with Crippen molar-refractivity contribution in [1.29, 1.82) is 0 Å². The zero-order valence-corrected chi connectivity index (χ0v) is 12.5. The first-order valence-corrected chi connectivity index (χ1v) is 7.52. The van der Waals surface area contributed by atoms with E-state index in [0.29, 0.717) is 18.0 Å². The van der Waals surface area contributed by atoms with E-state index in [1.54, 1.807) is 0 Å². The maximum Gasteiger partial charge on any atom is 0.188 e. The first kappa shape index (κ1) is 14.9. The fourth-order valence-corrected chi connectivity index (χ4v) is 2.69. The van der Waals surface area contributed by atoms with Crippen molar-refractivity contribution in [2.45, 2.75) is 38.8 Å². The highest BCUT2D eigenvalue weighted by Crippen LogP contribution is 2.25. The summed E-state index contributed by atoms with van der Waals surface area (Å²) in [6.45, 7) is 7.17. The Kier molecular flexibility index (Phi) is 5.41. The monoisotopic (exact) mass is 274 g/mol. The van der Waals surface area contributed by atoms with Crippen LogP contribution in [0.4, 0.5) is 0 Å². The minimum absolute atomic E-state index is 0.320. The third-order valence-corrected chi connectivity index (χ3v) is 3.64. The molecular formula is C16H26N4. The van der Waals surface area contributed by atoms with E-state index in [-0.39, 0.29) is 0 Å². The minimum Gasteiger partial charge on any atom is -0.370 e. The van der Waals surface area contributed by atoms with E-state index < -0.39 is 0 Å². The normalized spacial score (nSPS) is 18.4. The van der Waals surface area contributed by atoms with Crippen LogP contribution in [0.5, 0.6) is 0 Å². The smallest absolute Gasteiger partial charge is 0.188 e. The Morgan fingerprint density at radius 3 is 2.50 bits per heavy atom. The first-order valence-electron chi connectivity index (χ1n) is 7.52. The van der Waals surface area contributed by atoms with E-state index in [4.69, 9.17) is 5.73 Å². The Hall–Kier alpha value is -1.55. The molecule has 1 fully saturated rings. The summed E-state index contributed by atoms with van der Waals surface area (Å²) in [6.07, 6.45) is 2.57. The van der Waals surface area contributed by atoms with Gasteiger partial charge in [0.2, 0.25) is 0 Å². The van der Waals surface area contributed by atoms with Crippen LogP contribution in [0.3, 0.4) is 0 Å². The Morgan fingerprint density at radius 2 is 1.90 bits per heavy atom. The van der Waals surface area contributed by atoms with E-state index in [1.165, 1.54) is 18.4 Å². The minimum atomic E-state index is 0.320. The number of nitrogens with one attached hydrogen (secondary N) is 1. The van der Waals surface area contributed by atoms with Crippen LogP contribution in [0.2, 0.25) is 0 Å². The lowest BCUT2D eigenvalue weighted by molar-refractivity contribution is 0.251. The predicted molar refractivity (Wildman–Crippen MR) is 84.8 cm³/mol. The van der Waals surface area contributed by atoms with Crippen LogP contribution in [0.25, 0.3) is 0 Å². The number of nitrogens with two attached hydrogens (primary N) is 1. The van der Waals surface area contributed by atoms with Gasteiger partial charge in [0.15, 0.2) is 5.96 Å². The zero-order valence-electron chi connectivity index (χ0n) is 12.5. The van der Waals surface area contributed by atoms with Crippen molar-refractivity contribution in [3.05, 3.63) is 35.9 Å². The number of likely N-dealkylation sites (tertiary alicyclic amines) is 1. The molecular weight excluding hydrogens is 248 g/mol. The van der Waals surface area contributed by atoms with E-state index in [0.717, 1.165) is 19.6 Å². The number of hydrogen-bond donors (Lipinski definition) is 2. The van der Waals surface area contributed by atoms with E-state index >= 15 is 0 Å². The Bertz CT molecular complexity index is 421. The molecule has 1 saturated heterocycles. The molecule has 1 aromatic carbocycles. The van der Waals surface area contributed by atoms with E-state index in [1.807, 2.05) is 0 Å². The lowest BCUT2D eigenvalue weighted by Crippen LogP contribution is -2.37. The number of nitrogens with zero attached hydrogens (tertiary/aromatic N) is 2. The molecule has 0 radical (unpaired) electrons. The summed E-state index contributed by atoms with van der Waals surface area (Å²) in [4.78, 5) is 7.04. The molecule has 4 nitrogen and oxygen atoms in total. The summed E-state index contributed by atoms with van der Waals surface area (Å²) in [7, 11) is 0. The van der Waals surface area contributed by atoms with Crippen molar-refractivity contribution < 1.29 is 0 Å². The van der Waals surface area contributed by atoms with E-state index in [9.17, 15) is 0 Å². The van der Waals surface area contributed by atoms with Gasteiger partial charge in [0.1, 0.15) is 0 Å². The van der Waals surface area contributed by atoms with Gasteiger partial charge in [0.25, 0.3) is 0 Å². The van der Waals surface area contributed by atoms with Crippen LogP contribution in [0.1, 0.15) is 38.3 Å².